The summed E-state index contributed by atoms with van der Waals surface area (Å²) < 4.78 is 5.00. The summed E-state index contributed by atoms with van der Waals surface area (Å²) in [5.74, 6) is 0. The van der Waals surface area contributed by atoms with E-state index in [4.69, 9.17) is 15.6 Å². The van der Waals surface area contributed by atoms with Gasteiger partial charge in [-0.1, -0.05) is 0 Å². The number of rotatable bonds is 8. The quantitative estimate of drug-likeness (QED) is 0.460. The Morgan fingerprint density at radius 1 is 1.54 bits per heavy atom. The van der Waals surface area contributed by atoms with Gasteiger partial charge in [-0.3, -0.25) is 0 Å². The molecule has 0 saturated carbocycles. The van der Waals surface area contributed by atoms with Gasteiger partial charge in [0.1, 0.15) is 0 Å². The fourth-order valence-electron chi connectivity index (χ4n) is 1.06. The highest BCUT2D eigenvalue weighted by Gasteiger charge is 2.20. The summed E-state index contributed by atoms with van der Waals surface area (Å²) in [6.07, 6.45) is 1.66. The number of aliphatic hydroxyl groups excluding tert-OH is 1. The molecule has 0 amide bonds. The minimum atomic E-state index is -0.0643. The second-order valence-corrected chi connectivity index (χ2v) is 3.51. The van der Waals surface area contributed by atoms with Crippen molar-refractivity contribution in [1.82, 2.24) is 5.32 Å². The first-order valence-electron chi connectivity index (χ1n) is 4.73. The molecule has 0 aromatic carbocycles. The smallest absolute Gasteiger partial charge is 0.0480 e. The molecule has 1 unspecified atom stereocenters. The fraction of sp³-hybridized carbons (Fsp3) is 1.00. The van der Waals surface area contributed by atoms with Gasteiger partial charge in [-0.05, 0) is 26.3 Å². The monoisotopic (exact) mass is 190 g/mol. The number of hydrogen-bond donors (Lipinski definition) is 3. The third kappa shape index (κ3) is 5.99. The van der Waals surface area contributed by atoms with Crippen molar-refractivity contribution in [3.05, 3.63) is 0 Å². The molecule has 0 heterocycles. The van der Waals surface area contributed by atoms with Crippen molar-refractivity contribution in [1.29, 1.82) is 0 Å². The Bertz CT molecular complexity index is 122. The van der Waals surface area contributed by atoms with Gasteiger partial charge in [0, 0.05) is 32.4 Å². The third-order valence-corrected chi connectivity index (χ3v) is 2.20. The lowest BCUT2D eigenvalue weighted by molar-refractivity contribution is 0.160. The molecular weight excluding hydrogens is 168 g/mol. The zero-order chi connectivity index (χ0) is 10.2. The van der Waals surface area contributed by atoms with Crippen LogP contribution in [0.5, 0.6) is 0 Å². The molecule has 0 radical (unpaired) electrons. The van der Waals surface area contributed by atoms with Crippen LogP contribution in [-0.4, -0.2) is 44.1 Å². The van der Waals surface area contributed by atoms with Gasteiger partial charge in [-0.15, -0.1) is 0 Å². The second kappa shape index (κ2) is 7.26. The largest absolute Gasteiger partial charge is 0.396 e. The Balaban J connectivity index is 3.67. The van der Waals surface area contributed by atoms with Gasteiger partial charge in [-0.25, -0.2) is 0 Å². The summed E-state index contributed by atoms with van der Waals surface area (Å²) in [5, 5.41) is 11.9. The molecule has 4 nitrogen and oxygen atoms in total. The highest BCUT2D eigenvalue weighted by Crippen LogP contribution is 2.07. The van der Waals surface area contributed by atoms with Crippen molar-refractivity contribution in [3.63, 3.8) is 0 Å². The van der Waals surface area contributed by atoms with E-state index < -0.39 is 0 Å². The van der Waals surface area contributed by atoms with E-state index in [1.165, 1.54) is 0 Å². The molecule has 0 aromatic heterocycles. The minimum Gasteiger partial charge on any atom is -0.396 e. The number of hydrogen-bond acceptors (Lipinski definition) is 4. The Morgan fingerprint density at radius 3 is 2.69 bits per heavy atom. The van der Waals surface area contributed by atoms with Crippen molar-refractivity contribution >= 4 is 0 Å². The maximum Gasteiger partial charge on any atom is 0.0480 e. The molecule has 4 heteroatoms. The second-order valence-electron chi connectivity index (χ2n) is 3.51. The van der Waals surface area contributed by atoms with Crippen molar-refractivity contribution in [2.75, 3.05) is 33.4 Å². The molecule has 13 heavy (non-hydrogen) atoms. The predicted octanol–water partition coefficient (Wildman–Crippen LogP) is -0.288. The van der Waals surface area contributed by atoms with E-state index >= 15 is 0 Å². The van der Waals surface area contributed by atoms with Crippen LogP contribution in [0, 0.1) is 0 Å². The zero-order valence-electron chi connectivity index (χ0n) is 8.68. The highest BCUT2D eigenvalue weighted by atomic mass is 16.5. The Labute approximate surface area is 80.5 Å². The average Bonchev–Trinajstić information content (AvgIpc) is 2.15. The normalized spacial score (nSPS) is 15.7. The SMILES string of the molecule is COCCC(C)(CN)NCCCO. The van der Waals surface area contributed by atoms with Crippen LogP contribution >= 0.6 is 0 Å². The van der Waals surface area contributed by atoms with E-state index in [1.54, 1.807) is 7.11 Å². The van der Waals surface area contributed by atoms with Gasteiger partial charge in [-0.2, -0.15) is 0 Å². The topological polar surface area (TPSA) is 67.5 Å². The van der Waals surface area contributed by atoms with Crippen LogP contribution < -0.4 is 11.1 Å². The Morgan fingerprint density at radius 2 is 2.23 bits per heavy atom. The highest BCUT2D eigenvalue weighted by molar-refractivity contribution is 4.83. The van der Waals surface area contributed by atoms with Crippen LogP contribution in [-0.2, 0) is 4.74 Å². The molecular formula is C9H22N2O2. The molecule has 0 spiro atoms. The summed E-state index contributed by atoms with van der Waals surface area (Å²) in [6, 6.07) is 0. The molecule has 0 bridgehead atoms. The van der Waals surface area contributed by atoms with Crippen molar-refractivity contribution in [2.24, 2.45) is 5.73 Å². The first kappa shape index (κ1) is 12.8. The van der Waals surface area contributed by atoms with E-state index in [0.29, 0.717) is 13.2 Å². The predicted molar refractivity (Wildman–Crippen MR) is 53.7 cm³/mol. The molecule has 0 aliphatic rings. The van der Waals surface area contributed by atoms with Gasteiger partial charge in [0.25, 0.3) is 0 Å². The zero-order valence-corrected chi connectivity index (χ0v) is 8.68. The Kier molecular flexibility index (Phi) is 7.17. The molecule has 0 rings (SSSR count). The summed E-state index contributed by atoms with van der Waals surface area (Å²) in [6.45, 7) is 4.39. The first-order chi connectivity index (χ1) is 6.18. The lowest BCUT2D eigenvalue weighted by Gasteiger charge is -2.29. The summed E-state index contributed by atoms with van der Waals surface area (Å²) in [7, 11) is 1.69. The molecule has 1 atom stereocenters. The van der Waals surface area contributed by atoms with Gasteiger partial charge in [0.05, 0.1) is 0 Å². The van der Waals surface area contributed by atoms with Crippen LogP contribution in [0.3, 0.4) is 0 Å². The van der Waals surface area contributed by atoms with Crippen LogP contribution in [0.2, 0.25) is 0 Å². The van der Waals surface area contributed by atoms with E-state index in [-0.39, 0.29) is 12.1 Å². The lowest BCUT2D eigenvalue weighted by atomic mass is 9.98. The van der Waals surface area contributed by atoms with Crippen molar-refractivity contribution in [3.8, 4) is 0 Å². The number of aliphatic hydroxyl groups is 1. The van der Waals surface area contributed by atoms with E-state index in [9.17, 15) is 0 Å². The van der Waals surface area contributed by atoms with Crippen LogP contribution in [0.4, 0.5) is 0 Å². The third-order valence-electron chi connectivity index (χ3n) is 2.20. The number of ether oxygens (including phenoxy) is 1. The number of nitrogens with two attached hydrogens (primary N) is 1. The first-order valence-corrected chi connectivity index (χ1v) is 4.73. The fourth-order valence-corrected chi connectivity index (χ4v) is 1.06. The lowest BCUT2D eigenvalue weighted by Crippen LogP contribution is -2.49. The number of nitrogens with one attached hydrogen (secondary N) is 1. The molecule has 0 saturated heterocycles. The Hall–Kier alpha value is -0.160. The van der Waals surface area contributed by atoms with Crippen molar-refractivity contribution in [2.45, 2.75) is 25.3 Å². The summed E-state index contributed by atoms with van der Waals surface area (Å²) >= 11 is 0. The van der Waals surface area contributed by atoms with Crippen LogP contribution in [0.1, 0.15) is 19.8 Å². The number of methoxy groups -OCH3 is 1. The maximum absolute atomic E-state index is 8.62. The summed E-state index contributed by atoms with van der Waals surface area (Å²) in [4.78, 5) is 0. The van der Waals surface area contributed by atoms with E-state index in [1.807, 2.05) is 0 Å². The molecule has 80 valence electrons. The minimum absolute atomic E-state index is 0.0643. The van der Waals surface area contributed by atoms with Gasteiger partial charge in [0.15, 0.2) is 0 Å². The van der Waals surface area contributed by atoms with E-state index in [2.05, 4.69) is 12.2 Å². The maximum atomic E-state index is 8.62. The van der Waals surface area contributed by atoms with Gasteiger partial charge >= 0.3 is 0 Å². The van der Waals surface area contributed by atoms with Gasteiger partial charge in [0.2, 0.25) is 0 Å². The van der Waals surface area contributed by atoms with E-state index in [0.717, 1.165) is 19.4 Å². The average molecular weight is 190 g/mol. The standard InChI is InChI=1S/C9H22N2O2/c1-9(8-10,4-7-13-2)11-5-3-6-12/h11-12H,3-8,10H2,1-2H3. The van der Waals surface area contributed by atoms with Gasteiger partial charge < -0.3 is 20.9 Å². The molecule has 0 fully saturated rings. The van der Waals surface area contributed by atoms with Crippen molar-refractivity contribution < 1.29 is 9.84 Å². The molecule has 0 aliphatic carbocycles. The molecule has 0 aromatic rings. The summed E-state index contributed by atoms with van der Waals surface area (Å²) in [5.41, 5.74) is 5.59. The molecule has 0 aliphatic heterocycles. The van der Waals surface area contributed by atoms with Crippen LogP contribution in [0.15, 0.2) is 0 Å². The van der Waals surface area contributed by atoms with Crippen LogP contribution in [0.25, 0.3) is 0 Å². The molecule has 4 N–H and O–H groups in total.